The largest absolute Gasteiger partial charge is 0.378 e. The van der Waals surface area contributed by atoms with Crippen molar-refractivity contribution in [2.75, 3.05) is 5.32 Å². The first-order valence-electron chi connectivity index (χ1n) is 6.22. The molecule has 0 aliphatic carbocycles. The zero-order chi connectivity index (χ0) is 15.4. The van der Waals surface area contributed by atoms with Crippen LogP contribution in [0.25, 0.3) is 0 Å². The molecule has 0 heterocycles. The van der Waals surface area contributed by atoms with E-state index in [0.717, 1.165) is 0 Å². The molecule has 0 radical (unpaired) electrons. The summed E-state index contributed by atoms with van der Waals surface area (Å²) in [7, 11) is 0. The van der Waals surface area contributed by atoms with E-state index in [1.54, 1.807) is 37.3 Å². The summed E-state index contributed by atoms with van der Waals surface area (Å²) < 4.78 is 13.7. The molecule has 21 heavy (non-hydrogen) atoms. The first-order valence-corrected chi connectivity index (χ1v) is 6.22. The maximum absolute atomic E-state index is 13.7. The molecule has 1 atom stereocenters. The third-order valence-electron chi connectivity index (χ3n) is 3.07. The summed E-state index contributed by atoms with van der Waals surface area (Å²) in [6.07, 6.45) is 0. The highest BCUT2D eigenvalue weighted by Gasteiger charge is 2.16. The monoisotopic (exact) mass is 285 g/mol. The second-order valence-electron chi connectivity index (χ2n) is 4.49. The fourth-order valence-electron chi connectivity index (χ4n) is 2.02. The molecular weight excluding hydrogens is 273 g/mol. The van der Waals surface area contributed by atoms with E-state index in [2.05, 4.69) is 5.32 Å². The second kappa shape index (κ2) is 6.01. The van der Waals surface area contributed by atoms with Gasteiger partial charge in [-0.3, -0.25) is 10.1 Å². The molecule has 5 nitrogen and oxygen atoms in total. The highest BCUT2D eigenvalue weighted by Crippen LogP contribution is 2.26. The smallest absolute Gasteiger partial charge is 0.289 e. The summed E-state index contributed by atoms with van der Waals surface area (Å²) in [5.74, 6) is -0.347. The number of anilines is 1. The molecule has 1 N–H and O–H groups in total. The number of hydrogen-bond acceptors (Lipinski definition) is 4. The summed E-state index contributed by atoms with van der Waals surface area (Å²) in [5.41, 5.74) is 0.633. The third-order valence-corrected chi connectivity index (χ3v) is 3.07. The lowest BCUT2D eigenvalue weighted by Crippen LogP contribution is -2.09. The van der Waals surface area contributed by atoms with E-state index >= 15 is 0 Å². The lowest BCUT2D eigenvalue weighted by molar-refractivity contribution is -0.385. The van der Waals surface area contributed by atoms with E-state index < -0.39 is 4.92 Å². The zero-order valence-electron chi connectivity index (χ0n) is 11.2. The van der Waals surface area contributed by atoms with E-state index in [9.17, 15) is 14.5 Å². The van der Waals surface area contributed by atoms with Crippen LogP contribution in [0.4, 0.5) is 15.8 Å². The Labute approximate surface area is 120 Å². The molecule has 2 rings (SSSR count). The van der Waals surface area contributed by atoms with Crippen molar-refractivity contribution in [1.82, 2.24) is 0 Å². The van der Waals surface area contributed by atoms with Crippen LogP contribution in [0.3, 0.4) is 0 Å². The molecule has 0 saturated carbocycles. The van der Waals surface area contributed by atoms with Crippen LogP contribution >= 0.6 is 0 Å². The van der Waals surface area contributed by atoms with Gasteiger partial charge in [-0.1, -0.05) is 18.2 Å². The summed E-state index contributed by atoms with van der Waals surface area (Å²) in [4.78, 5) is 10.3. The molecule has 0 bridgehead atoms. The van der Waals surface area contributed by atoms with E-state index in [0.29, 0.717) is 11.3 Å². The maximum atomic E-state index is 13.7. The van der Waals surface area contributed by atoms with Gasteiger partial charge in [0.2, 0.25) is 0 Å². The predicted octanol–water partition coefficient (Wildman–Crippen LogP) is 3.78. The molecule has 106 valence electrons. The number of hydrogen-bond donors (Lipinski definition) is 1. The number of nitro benzene ring substituents is 1. The van der Waals surface area contributed by atoms with Crippen LogP contribution in [0.2, 0.25) is 0 Å². The Bertz CT molecular complexity index is 725. The molecule has 0 aliphatic heterocycles. The van der Waals surface area contributed by atoms with Crippen LogP contribution in [0, 0.1) is 27.3 Å². The van der Waals surface area contributed by atoms with E-state index in [4.69, 9.17) is 5.26 Å². The second-order valence-corrected chi connectivity index (χ2v) is 4.49. The number of benzene rings is 2. The molecule has 0 spiro atoms. The first kappa shape index (κ1) is 14.5. The van der Waals surface area contributed by atoms with Crippen molar-refractivity contribution < 1.29 is 9.31 Å². The minimum absolute atomic E-state index is 0.0101. The Morgan fingerprint density at radius 2 is 2.05 bits per heavy atom. The third kappa shape index (κ3) is 3.15. The number of nitriles is 1. The number of nitro groups is 1. The fraction of sp³-hybridized carbons (Fsp3) is 0.133. The molecule has 2 aromatic rings. The standard InChI is InChI=1S/C15H12FN3O2/c1-10(13-4-2-3-5-14(13)16)18-12-7-6-11(9-17)15(8-12)19(20)21/h2-8,10,18H,1H3. The van der Waals surface area contributed by atoms with Crippen molar-refractivity contribution in [3.05, 3.63) is 69.5 Å². The minimum Gasteiger partial charge on any atom is -0.378 e. The normalized spacial score (nSPS) is 11.5. The summed E-state index contributed by atoms with van der Waals surface area (Å²) >= 11 is 0. The van der Waals surface area contributed by atoms with Gasteiger partial charge in [0.05, 0.1) is 11.0 Å². The van der Waals surface area contributed by atoms with Crippen molar-refractivity contribution in [3.63, 3.8) is 0 Å². The van der Waals surface area contributed by atoms with Crippen molar-refractivity contribution in [1.29, 1.82) is 5.26 Å². The number of halogens is 1. The Morgan fingerprint density at radius 1 is 1.33 bits per heavy atom. The molecule has 2 aromatic carbocycles. The summed E-state index contributed by atoms with van der Waals surface area (Å²) in [5, 5.41) is 22.7. The van der Waals surface area contributed by atoms with Gasteiger partial charge in [0.1, 0.15) is 17.4 Å². The van der Waals surface area contributed by atoms with Crippen molar-refractivity contribution in [2.45, 2.75) is 13.0 Å². The Kier molecular flexibility index (Phi) is 4.14. The van der Waals surface area contributed by atoms with Gasteiger partial charge in [0.25, 0.3) is 5.69 Å². The number of nitrogens with one attached hydrogen (secondary N) is 1. The molecule has 6 heteroatoms. The predicted molar refractivity (Wildman–Crippen MR) is 76.2 cm³/mol. The van der Waals surface area contributed by atoms with Crippen molar-refractivity contribution in [3.8, 4) is 6.07 Å². The number of rotatable bonds is 4. The van der Waals surface area contributed by atoms with Gasteiger partial charge < -0.3 is 5.32 Å². The Balaban J connectivity index is 2.28. The first-order chi connectivity index (χ1) is 10.0. The van der Waals surface area contributed by atoms with Crippen LogP contribution < -0.4 is 5.32 Å². The van der Waals surface area contributed by atoms with Crippen LogP contribution in [0.15, 0.2) is 42.5 Å². The van der Waals surface area contributed by atoms with Crippen LogP contribution in [-0.4, -0.2) is 4.92 Å². The molecule has 0 fully saturated rings. The lowest BCUT2D eigenvalue weighted by atomic mass is 10.1. The molecule has 0 aliphatic rings. The van der Waals surface area contributed by atoms with Gasteiger partial charge in [0, 0.05) is 17.3 Å². The average Bonchev–Trinajstić information content (AvgIpc) is 2.47. The fourth-order valence-corrected chi connectivity index (χ4v) is 2.02. The topological polar surface area (TPSA) is 79.0 Å². The van der Waals surface area contributed by atoms with Gasteiger partial charge in [-0.05, 0) is 25.1 Å². The van der Waals surface area contributed by atoms with Crippen LogP contribution in [0.5, 0.6) is 0 Å². The number of nitrogens with zero attached hydrogens (tertiary/aromatic N) is 2. The minimum atomic E-state index is -0.614. The Hall–Kier alpha value is -2.94. The zero-order valence-corrected chi connectivity index (χ0v) is 11.2. The lowest BCUT2D eigenvalue weighted by Gasteiger charge is -2.16. The molecule has 0 amide bonds. The van der Waals surface area contributed by atoms with Gasteiger partial charge >= 0.3 is 0 Å². The Morgan fingerprint density at radius 3 is 2.67 bits per heavy atom. The summed E-state index contributed by atoms with van der Waals surface area (Å²) in [6.45, 7) is 1.75. The van der Waals surface area contributed by atoms with E-state index in [1.165, 1.54) is 18.2 Å². The highest BCUT2D eigenvalue weighted by atomic mass is 19.1. The van der Waals surface area contributed by atoms with Gasteiger partial charge in [-0.2, -0.15) is 5.26 Å². The highest BCUT2D eigenvalue weighted by molar-refractivity contribution is 5.59. The molecule has 0 aromatic heterocycles. The van der Waals surface area contributed by atoms with E-state index in [1.807, 2.05) is 0 Å². The van der Waals surface area contributed by atoms with Gasteiger partial charge in [-0.25, -0.2) is 4.39 Å². The SMILES string of the molecule is CC(Nc1ccc(C#N)c([N+](=O)[O-])c1)c1ccccc1F. The van der Waals surface area contributed by atoms with Crippen molar-refractivity contribution >= 4 is 11.4 Å². The average molecular weight is 285 g/mol. The summed E-state index contributed by atoms with van der Waals surface area (Å²) in [6, 6.07) is 11.9. The van der Waals surface area contributed by atoms with Crippen molar-refractivity contribution in [2.24, 2.45) is 0 Å². The maximum Gasteiger partial charge on any atom is 0.289 e. The molecule has 0 saturated heterocycles. The van der Waals surface area contributed by atoms with Gasteiger partial charge in [-0.15, -0.1) is 0 Å². The van der Waals surface area contributed by atoms with Crippen LogP contribution in [0.1, 0.15) is 24.1 Å². The quantitative estimate of drug-likeness (QED) is 0.685. The van der Waals surface area contributed by atoms with E-state index in [-0.39, 0.29) is 23.1 Å². The molecule has 1 unspecified atom stereocenters. The van der Waals surface area contributed by atoms with Gasteiger partial charge in [0.15, 0.2) is 0 Å². The van der Waals surface area contributed by atoms with Crippen LogP contribution in [-0.2, 0) is 0 Å². The molecular formula is C15H12FN3O2.